The maximum atomic E-state index is 12.4. The molecule has 1 fully saturated rings. The number of likely N-dealkylation sites (tertiary alicyclic amines) is 1. The lowest BCUT2D eigenvalue weighted by molar-refractivity contribution is -0.133. The van der Waals surface area contributed by atoms with Crippen LogP contribution >= 0.6 is 0 Å². The molecule has 1 amide bonds. The molecular formula is C16H23N3O2. The summed E-state index contributed by atoms with van der Waals surface area (Å²) in [6, 6.07) is 7.22. The van der Waals surface area contributed by atoms with Crippen molar-refractivity contribution in [2.75, 3.05) is 13.1 Å². The normalized spacial score (nSPS) is 23.1. The summed E-state index contributed by atoms with van der Waals surface area (Å²) in [7, 11) is 0. The average molecular weight is 289 g/mol. The number of rotatable bonds is 3. The van der Waals surface area contributed by atoms with E-state index in [1.165, 1.54) is 6.42 Å². The highest BCUT2D eigenvalue weighted by atomic mass is 16.4. The quantitative estimate of drug-likeness (QED) is 0.385. The monoisotopic (exact) mass is 289 g/mol. The number of benzene rings is 1. The lowest BCUT2D eigenvalue weighted by atomic mass is 9.91. The number of nitrogens with zero attached hydrogens (tertiary/aromatic N) is 2. The molecule has 5 heteroatoms. The zero-order valence-electron chi connectivity index (χ0n) is 12.6. The van der Waals surface area contributed by atoms with Gasteiger partial charge in [-0.25, -0.2) is 0 Å². The summed E-state index contributed by atoms with van der Waals surface area (Å²) in [4.78, 5) is 14.3. The molecular weight excluding hydrogens is 266 g/mol. The smallest absolute Gasteiger partial charge is 0.227 e. The Labute approximate surface area is 125 Å². The Morgan fingerprint density at radius 1 is 1.29 bits per heavy atom. The van der Waals surface area contributed by atoms with Gasteiger partial charge < -0.3 is 15.8 Å². The van der Waals surface area contributed by atoms with E-state index >= 15 is 0 Å². The van der Waals surface area contributed by atoms with E-state index in [1.54, 1.807) is 12.1 Å². The van der Waals surface area contributed by atoms with Gasteiger partial charge in [0.15, 0.2) is 5.84 Å². The van der Waals surface area contributed by atoms with Crippen LogP contribution in [0.4, 0.5) is 0 Å². The average Bonchev–Trinajstić information content (AvgIpc) is 2.46. The molecule has 1 saturated heterocycles. The van der Waals surface area contributed by atoms with Gasteiger partial charge >= 0.3 is 0 Å². The Kier molecular flexibility index (Phi) is 4.83. The number of carbonyl (C=O) groups is 1. The van der Waals surface area contributed by atoms with Crippen LogP contribution in [0.15, 0.2) is 29.4 Å². The van der Waals surface area contributed by atoms with Crippen molar-refractivity contribution in [3.05, 3.63) is 35.4 Å². The standard InChI is InChI=1S/C16H23N3O2/c1-11-7-12(2)10-19(9-11)15(20)8-13-3-5-14(6-4-13)16(17)18-21/h3-6,11-12,21H,7-10H2,1-2H3,(H2,17,18). The number of hydrogen-bond donors (Lipinski definition) is 2. The molecule has 5 nitrogen and oxygen atoms in total. The Morgan fingerprint density at radius 2 is 1.86 bits per heavy atom. The van der Waals surface area contributed by atoms with E-state index in [0.717, 1.165) is 18.7 Å². The zero-order chi connectivity index (χ0) is 15.4. The first-order valence-corrected chi connectivity index (χ1v) is 7.34. The van der Waals surface area contributed by atoms with E-state index in [0.29, 0.717) is 23.8 Å². The molecule has 21 heavy (non-hydrogen) atoms. The van der Waals surface area contributed by atoms with Gasteiger partial charge in [0.1, 0.15) is 0 Å². The van der Waals surface area contributed by atoms with Crippen molar-refractivity contribution in [1.82, 2.24) is 4.90 Å². The van der Waals surface area contributed by atoms with Crippen LogP contribution in [0.25, 0.3) is 0 Å². The summed E-state index contributed by atoms with van der Waals surface area (Å²) in [5.41, 5.74) is 7.11. The van der Waals surface area contributed by atoms with Crippen molar-refractivity contribution >= 4 is 11.7 Å². The molecule has 1 aliphatic heterocycles. The van der Waals surface area contributed by atoms with Gasteiger partial charge in [-0.3, -0.25) is 4.79 Å². The summed E-state index contributed by atoms with van der Waals surface area (Å²) in [6.07, 6.45) is 1.59. The number of hydrogen-bond acceptors (Lipinski definition) is 3. The highest BCUT2D eigenvalue weighted by Gasteiger charge is 2.25. The van der Waals surface area contributed by atoms with Crippen molar-refractivity contribution in [3.63, 3.8) is 0 Å². The molecule has 0 saturated carbocycles. The maximum Gasteiger partial charge on any atom is 0.227 e. The number of oxime groups is 1. The lowest BCUT2D eigenvalue weighted by Crippen LogP contribution is -2.43. The predicted octanol–water partition coefficient (Wildman–Crippen LogP) is 1.83. The van der Waals surface area contributed by atoms with Crippen LogP contribution in [0.2, 0.25) is 0 Å². The van der Waals surface area contributed by atoms with Crippen LogP contribution in [0, 0.1) is 11.8 Å². The summed E-state index contributed by atoms with van der Waals surface area (Å²) in [5.74, 6) is 1.39. The summed E-state index contributed by atoms with van der Waals surface area (Å²) in [5, 5.41) is 11.6. The van der Waals surface area contributed by atoms with Crippen LogP contribution in [0.5, 0.6) is 0 Å². The Hall–Kier alpha value is -2.04. The van der Waals surface area contributed by atoms with Crippen LogP contribution < -0.4 is 5.73 Å². The second-order valence-corrected chi connectivity index (χ2v) is 6.10. The molecule has 2 unspecified atom stereocenters. The van der Waals surface area contributed by atoms with E-state index in [-0.39, 0.29) is 11.7 Å². The second kappa shape index (κ2) is 6.61. The Balaban J connectivity index is 1.99. The molecule has 1 heterocycles. The molecule has 0 aliphatic carbocycles. The van der Waals surface area contributed by atoms with Gasteiger partial charge in [-0.15, -0.1) is 0 Å². The molecule has 3 N–H and O–H groups in total. The van der Waals surface area contributed by atoms with Gasteiger partial charge in [0, 0.05) is 18.7 Å². The third kappa shape index (κ3) is 3.97. The molecule has 114 valence electrons. The first-order valence-electron chi connectivity index (χ1n) is 7.34. The van der Waals surface area contributed by atoms with Crippen LogP contribution in [-0.2, 0) is 11.2 Å². The van der Waals surface area contributed by atoms with Gasteiger partial charge in [0.05, 0.1) is 6.42 Å². The minimum atomic E-state index is 0.0755. The molecule has 0 aromatic heterocycles. The lowest BCUT2D eigenvalue weighted by Gasteiger charge is -2.35. The minimum absolute atomic E-state index is 0.0755. The third-order valence-electron chi connectivity index (χ3n) is 3.93. The van der Waals surface area contributed by atoms with Crippen molar-refractivity contribution in [2.45, 2.75) is 26.7 Å². The molecule has 0 bridgehead atoms. The number of nitrogens with two attached hydrogens (primary N) is 1. The Morgan fingerprint density at radius 3 is 2.38 bits per heavy atom. The number of amidine groups is 1. The predicted molar refractivity (Wildman–Crippen MR) is 82.2 cm³/mol. The van der Waals surface area contributed by atoms with Gasteiger partial charge in [-0.2, -0.15) is 0 Å². The van der Waals surface area contributed by atoms with Crippen molar-refractivity contribution < 1.29 is 10.0 Å². The molecule has 2 atom stereocenters. The van der Waals surface area contributed by atoms with Crippen molar-refractivity contribution in [1.29, 1.82) is 0 Å². The molecule has 1 aromatic rings. The summed E-state index contributed by atoms with van der Waals surface area (Å²) < 4.78 is 0. The molecule has 0 spiro atoms. The largest absolute Gasteiger partial charge is 0.409 e. The van der Waals surface area contributed by atoms with E-state index in [2.05, 4.69) is 19.0 Å². The van der Waals surface area contributed by atoms with E-state index in [1.807, 2.05) is 17.0 Å². The topological polar surface area (TPSA) is 78.9 Å². The van der Waals surface area contributed by atoms with E-state index in [4.69, 9.17) is 10.9 Å². The number of carbonyl (C=O) groups excluding carboxylic acids is 1. The van der Waals surface area contributed by atoms with Gasteiger partial charge in [0.25, 0.3) is 0 Å². The van der Waals surface area contributed by atoms with Gasteiger partial charge in [-0.05, 0) is 23.8 Å². The van der Waals surface area contributed by atoms with Crippen LogP contribution in [0.1, 0.15) is 31.4 Å². The maximum absolute atomic E-state index is 12.4. The highest BCUT2D eigenvalue weighted by molar-refractivity contribution is 5.97. The van der Waals surface area contributed by atoms with Gasteiger partial charge in [-0.1, -0.05) is 43.3 Å². The van der Waals surface area contributed by atoms with E-state index < -0.39 is 0 Å². The number of amides is 1. The Bertz CT molecular complexity index is 515. The van der Waals surface area contributed by atoms with Crippen molar-refractivity contribution in [3.8, 4) is 0 Å². The SMILES string of the molecule is CC1CC(C)CN(C(=O)Cc2ccc(C(N)=NO)cc2)C1. The highest BCUT2D eigenvalue weighted by Crippen LogP contribution is 2.21. The second-order valence-electron chi connectivity index (χ2n) is 6.10. The fourth-order valence-electron chi connectivity index (χ4n) is 3.00. The number of piperidine rings is 1. The fourth-order valence-corrected chi connectivity index (χ4v) is 3.00. The van der Waals surface area contributed by atoms with Gasteiger partial charge in [0.2, 0.25) is 5.91 Å². The van der Waals surface area contributed by atoms with Crippen LogP contribution in [-0.4, -0.2) is 34.9 Å². The van der Waals surface area contributed by atoms with Crippen LogP contribution in [0.3, 0.4) is 0 Å². The third-order valence-corrected chi connectivity index (χ3v) is 3.93. The summed E-state index contributed by atoms with van der Waals surface area (Å²) >= 11 is 0. The zero-order valence-corrected chi connectivity index (χ0v) is 12.6. The molecule has 0 radical (unpaired) electrons. The molecule has 2 rings (SSSR count). The molecule has 1 aliphatic rings. The molecule has 1 aromatic carbocycles. The minimum Gasteiger partial charge on any atom is -0.409 e. The van der Waals surface area contributed by atoms with Crippen molar-refractivity contribution in [2.24, 2.45) is 22.7 Å². The van der Waals surface area contributed by atoms with E-state index in [9.17, 15) is 4.79 Å². The first kappa shape index (κ1) is 15.4. The summed E-state index contributed by atoms with van der Waals surface area (Å²) in [6.45, 7) is 6.10. The fraction of sp³-hybridized carbons (Fsp3) is 0.500. The first-order chi connectivity index (χ1) is 9.99.